The Balaban J connectivity index is 1.95. The SMILES string of the molecule is C1COC2OC2C1. The van der Waals surface area contributed by atoms with Crippen LogP contribution in [0.4, 0.5) is 0 Å². The van der Waals surface area contributed by atoms with Crippen LogP contribution in [0.3, 0.4) is 0 Å². The Bertz CT molecular complexity index is 72.1. The van der Waals surface area contributed by atoms with E-state index in [2.05, 4.69) is 0 Å². The average Bonchev–Trinajstić information content (AvgIpc) is 2.41. The predicted octanol–water partition coefficient (Wildman–Crippen LogP) is 0.522. The van der Waals surface area contributed by atoms with E-state index in [-0.39, 0.29) is 6.29 Å². The lowest BCUT2D eigenvalue weighted by Crippen LogP contribution is -2.08. The van der Waals surface area contributed by atoms with E-state index in [1.54, 1.807) is 0 Å². The predicted molar refractivity (Wildman–Crippen MR) is 23.8 cm³/mol. The molecule has 0 saturated carbocycles. The molecule has 0 spiro atoms. The van der Waals surface area contributed by atoms with E-state index >= 15 is 0 Å². The molecule has 2 aliphatic heterocycles. The first-order valence-corrected chi connectivity index (χ1v) is 2.74. The number of hydrogen-bond donors (Lipinski definition) is 0. The van der Waals surface area contributed by atoms with Crippen molar-refractivity contribution in [2.75, 3.05) is 6.61 Å². The fourth-order valence-corrected chi connectivity index (χ4v) is 0.962. The second-order valence-corrected chi connectivity index (χ2v) is 2.06. The van der Waals surface area contributed by atoms with Crippen LogP contribution in [0, 0.1) is 0 Å². The van der Waals surface area contributed by atoms with Gasteiger partial charge < -0.3 is 9.47 Å². The third kappa shape index (κ3) is 0.545. The number of fused-ring (bicyclic) bond motifs is 1. The van der Waals surface area contributed by atoms with Crippen molar-refractivity contribution in [1.29, 1.82) is 0 Å². The first-order valence-electron chi connectivity index (χ1n) is 2.74. The molecule has 7 heavy (non-hydrogen) atoms. The van der Waals surface area contributed by atoms with Crippen LogP contribution in [-0.2, 0) is 9.47 Å². The zero-order valence-electron chi connectivity index (χ0n) is 4.09. The molecular weight excluding hydrogens is 92.1 g/mol. The summed E-state index contributed by atoms with van der Waals surface area (Å²) in [4.78, 5) is 0. The standard InChI is InChI=1S/C5H8O2/c1-2-4-5(7-4)6-3-1/h4-5H,1-3H2. The molecule has 2 heteroatoms. The van der Waals surface area contributed by atoms with Crippen molar-refractivity contribution in [3.63, 3.8) is 0 Å². The van der Waals surface area contributed by atoms with Gasteiger partial charge in [0, 0.05) is 6.61 Å². The van der Waals surface area contributed by atoms with E-state index in [0.717, 1.165) is 6.61 Å². The Labute approximate surface area is 42.4 Å². The first-order chi connectivity index (χ1) is 3.47. The van der Waals surface area contributed by atoms with E-state index in [1.807, 2.05) is 0 Å². The molecule has 2 atom stereocenters. The van der Waals surface area contributed by atoms with Crippen LogP contribution in [0.25, 0.3) is 0 Å². The van der Waals surface area contributed by atoms with Crippen LogP contribution in [-0.4, -0.2) is 19.0 Å². The van der Waals surface area contributed by atoms with Gasteiger partial charge in [-0.2, -0.15) is 0 Å². The van der Waals surface area contributed by atoms with Crippen LogP contribution in [0.1, 0.15) is 12.8 Å². The van der Waals surface area contributed by atoms with Gasteiger partial charge in [-0.3, -0.25) is 0 Å². The summed E-state index contributed by atoms with van der Waals surface area (Å²) in [5.74, 6) is 0. The van der Waals surface area contributed by atoms with E-state index < -0.39 is 0 Å². The van der Waals surface area contributed by atoms with Gasteiger partial charge in [0.05, 0.1) is 0 Å². The Hall–Kier alpha value is -0.0800. The monoisotopic (exact) mass is 100 g/mol. The maximum Gasteiger partial charge on any atom is 0.184 e. The lowest BCUT2D eigenvalue weighted by Gasteiger charge is -2.02. The lowest BCUT2D eigenvalue weighted by molar-refractivity contribution is 0.0456. The Morgan fingerprint density at radius 1 is 1.43 bits per heavy atom. The Morgan fingerprint density at radius 3 is 3.00 bits per heavy atom. The molecule has 2 unspecified atom stereocenters. The van der Waals surface area contributed by atoms with Crippen LogP contribution in [0.5, 0.6) is 0 Å². The van der Waals surface area contributed by atoms with E-state index in [4.69, 9.17) is 9.47 Å². The number of ether oxygens (including phenoxy) is 2. The van der Waals surface area contributed by atoms with Gasteiger partial charge in [0.2, 0.25) is 0 Å². The fraction of sp³-hybridized carbons (Fsp3) is 1.00. The van der Waals surface area contributed by atoms with Crippen molar-refractivity contribution < 1.29 is 9.47 Å². The second-order valence-electron chi connectivity index (χ2n) is 2.06. The van der Waals surface area contributed by atoms with Crippen molar-refractivity contribution in [2.45, 2.75) is 25.2 Å². The van der Waals surface area contributed by atoms with Crippen LogP contribution >= 0.6 is 0 Å². The van der Waals surface area contributed by atoms with Gasteiger partial charge in [-0.05, 0) is 12.8 Å². The minimum absolute atomic E-state index is 0.203. The molecule has 2 fully saturated rings. The second kappa shape index (κ2) is 1.20. The fourth-order valence-electron chi connectivity index (χ4n) is 0.962. The molecule has 0 aromatic rings. The molecule has 0 aliphatic carbocycles. The van der Waals surface area contributed by atoms with E-state index in [1.165, 1.54) is 12.8 Å². The summed E-state index contributed by atoms with van der Waals surface area (Å²) in [6.45, 7) is 0.904. The molecule has 2 aliphatic rings. The van der Waals surface area contributed by atoms with Gasteiger partial charge in [-0.1, -0.05) is 0 Å². The summed E-state index contributed by atoms with van der Waals surface area (Å²) in [6, 6.07) is 0. The van der Waals surface area contributed by atoms with Crippen LogP contribution < -0.4 is 0 Å². The molecule has 0 bridgehead atoms. The van der Waals surface area contributed by atoms with Gasteiger partial charge in [-0.15, -0.1) is 0 Å². The summed E-state index contributed by atoms with van der Waals surface area (Å²) < 4.78 is 10.2. The van der Waals surface area contributed by atoms with Crippen LogP contribution in [0.2, 0.25) is 0 Å². The Kier molecular flexibility index (Phi) is 0.664. The molecular formula is C5H8O2. The zero-order chi connectivity index (χ0) is 4.69. The molecule has 0 amide bonds. The van der Waals surface area contributed by atoms with Crippen molar-refractivity contribution in [2.24, 2.45) is 0 Å². The number of hydrogen-bond acceptors (Lipinski definition) is 2. The summed E-state index contributed by atoms with van der Waals surface area (Å²) in [6.07, 6.45) is 3.08. The molecule has 0 N–H and O–H groups in total. The maximum absolute atomic E-state index is 5.13. The first kappa shape index (κ1) is 3.87. The largest absolute Gasteiger partial charge is 0.350 e. The van der Waals surface area contributed by atoms with Gasteiger partial charge in [0.1, 0.15) is 6.10 Å². The highest BCUT2D eigenvalue weighted by Crippen LogP contribution is 2.31. The highest BCUT2D eigenvalue weighted by Gasteiger charge is 2.41. The molecule has 2 rings (SSSR count). The summed E-state index contributed by atoms with van der Waals surface area (Å²) in [7, 11) is 0. The van der Waals surface area contributed by atoms with Crippen molar-refractivity contribution in [3.05, 3.63) is 0 Å². The third-order valence-electron chi connectivity index (χ3n) is 1.45. The topological polar surface area (TPSA) is 21.8 Å². The molecule has 2 saturated heterocycles. The van der Waals surface area contributed by atoms with Crippen molar-refractivity contribution in [1.82, 2.24) is 0 Å². The number of epoxide rings is 1. The molecule has 2 nitrogen and oxygen atoms in total. The van der Waals surface area contributed by atoms with Gasteiger partial charge in [0.25, 0.3) is 0 Å². The minimum atomic E-state index is 0.203. The van der Waals surface area contributed by atoms with Gasteiger partial charge in [0.15, 0.2) is 6.29 Å². The average molecular weight is 100 g/mol. The molecule has 2 heterocycles. The molecule has 40 valence electrons. The summed E-state index contributed by atoms with van der Waals surface area (Å²) >= 11 is 0. The van der Waals surface area contributed by atoms with E-state index in [9.17, 15) is 0 Å². The smallest absolute Gasteiger partial charge is 0.184 e. The van der Waals surface area contributed by atoms with Crippen molar-refractivity contribution in [3.8, 4) is 0 Å². The third-order valence-corrected chi connectivity index (χ3v) is 1.45. The van der Waals surface area contributed by atoms with Gasteiger partial charge in [-0.25, -0.2) is 0 Å². The summed E-state index contributed by atoms with van der Waals surface area (Å²) in [5, 5.41) is 0. The summed E-state index contributed by atoms with van der Waals surface area (Å²) in [5.41, 5.74) is 0. The highest BCUT2D eigenvalue weighted by molar-refractivity contribution is 4.79. The molecule has 0 aromatic carbocycles. The highest BCUT2D eigenvalue weighted by atomic mass is 16.8. The van der Waals surface area contributed by atoms with Crippen LogP contribution in [0.15, 0.2) is 0 Å². The Morgan fingerprint density at radius 2 is 2.43 bits per heavy atom. The van der Waals surface area contributed by atoms with Gasteiger partial charge >= 0.3 is 0 Å². The van der Waals surface area contributed by atoms with E-state index in [0.29, 0.717) is 6.10 Å². The normalized spacial score (nSPS) is 48.0. The zero-order valence-corrected chi connectivity index (χ0v) is 4.09. The quantitative estimate of drug-likeness (QED) is 0.414. The van der Waals surface area contributed by atoms with Crippen molar-refractivity contribution >= 4 is 0 Å². The molecule has 0 radical (unpaired) electrons. The maximum atomic E-state index is 5.13. The minimum Gasteiger partial charge on any atom is -0.350 e. The lowest BCUT2D eigenvalue weighted by atomic mass is 10.2. The molecule has 0 aromatic heterocycles. The number of rotatable bonds is 0.